The van der Waals surface area contributed by atoms with Gasteiger partial charge in [0.05, 0.1) is 30.7 Å². The van der Waals surface area contributed by atoms with Gasteiger partial charge in [-0.15, -0.1) is 27.8 Å². The Hall–Kier alpha value is -3.95. The van der Waals surface area contributed by atoms with Gasteiger partial charge in [0.2, 0.25) is 6.20 Å². The standard InChI is InChI=1S/C23H23N7O6S2/c1-28-15-5-11(8-31)3-4-12(15)6-29(28)7-13-9-37-21-17(20(33)30(21)18(13)22(34)35)26-19(32)16(27-36-2)14-10-38-23(24)25-14/h3-6,10,17,21,31H,7-9H2,1-2H3,(H3-,24,25,26,32,34,35)/b27-16-/t17-,21-/m1/s1. The number of nitrogens with one attached hydrogen (secondary N) is 1. The molecule has 0 saturated carbocycles. The van der Waals surface area contributed by atoms with Gasteiger partial charge in [0.1, 0.15) is 29.7 Å². The van der Waals surface area contributed by atoms with Crippen LogP contribution in [-0.4, -0.2) is 67.4 Å². The zero-order valence-corrected chi connectivity index (χ0v) is 21.9. The number of nitrogens with zero attached hydrogens (tertiary/aromatic N) is 5. The van der Waals surface area contributed by atoms with Crippen LogP contribution in [-0.2, 0) is 39.4 Å². The van der Waals surface area contributed by atoms with E-state index in [1.807, 2.05) is 40.8 Å². The number of aryl methyl sites for hydroxylation is 1. The number of thioether (sulfide) groups is 1. The van der Waals surface area contributed by atoms with E-state index in [9.17, 15) is 24.6 Å². The molecule has 38 heavy (non-hydrogen) atoms. The number of fused-ring (bicyclic) bond motifs is 2. The molecule has 2 aliphatic rings. The van der Waals surface area contributed by atoms with Gasteiger partial charge in [0, 0.05) is 16.7 Å². The lowest BCUT2D eigenvalue weighted by molar-refractivity contribution is -0.764. The van der Waals surface area contributed by atoms with Crippen molar-refractivity contribution >= 4 is 62.6 Å². The van der Waals surface area contributed by atoms with Crippen molar-refractivity contribution in [2.24, 2.45) is 12.2 Å². The number of anilines is 1. The number of aromatic nitrogens is 3. The molecule has 5 rings (SSSR count). The average molecular weight is 558 g/mol. The van der Waals surface area contributed by atoms with Gasteiger partial charge in [-0.2, -0.15) is 4.68 Å². The first-order chi connectivity index (χ1) is 18.2. The maximum Gasteiger partial charge on any atom is 0.276 e. The number of aliphatic carboxylic acids is 1. The second-order valence-corrected chi connectivity index (χ2v) is 10.6. The third kappa shape index (κ3) is 4.37. The number of nitrogens with two attached hydrogens (primary N) is 1. The summed E-state index contributed by atoms with van der Waals surface area (Å²) in [7, 11) is 3.10. The Kier molecular flexibility index (Phi) is 6.81. The Morgan fingerprint density at radius 1 is 1.42 bits per heavy atom. The summed E-state index contributed by atoms with van der Waals surface area (Å²) in [6.45, 7) is 0.115. The van der Waals surface area contributed by atoms with Crippen molar-refractivity contribution in [3.63, 3.8) is 0 Å². The summed E-state index contributed by atoms with van der Waals surface area (Å²) in [4.78, 5) is 48.1. The minimum absolute atomic E-state index is 0.0927. The van der Waals surface area contributed by atoms with Gasteiger partial charge < -0.3 is 30.9 Å². The topological polar surface area (TPSA) is 179 Å². The van der Waals surface area contributed by atoms with E-state index >= 15 is 0 Å². The fourth-order valence-electron chi connectivity index (χ4n) is 4.50. The normalized spacial score (nSPS) is 19.4. The van der Waals surface area contributed by atoms with Crippen LogP contribution in [0.15, 0.2) is 46.2 Å². The van der Waals surface area contributed by atoms with Gasteiger partial charge in [-0.1, -0.05) is 11.2 Å². The van der Waals surface area contributed by atoms with Crippen LogP contribution in [0.2, 0.25) is 0 Å². The van der Waals surface area contributed by atoms with Crippen molar-refractivity contribution in [1.29, 1.82) is 0 Å². The first-order valence-corrected chi connectivity index (χ1v) is 13.3. The van der Waals surface area contributed by atoms with E-state index in [1.54, 1.807) is 0 Å². The number of nitrogen functional groups attached to an aromatic ring is 1. The molecule has 1 saturated heterocycles. The smallest absolute Gasteiger partial charge is 0.276 e. The number of carbonyl (C=O) groups excluding carboxylic acids is 3. The molecule has 1 fully saturated rings. The molecule has 15 heteroatoms. The molecule has 4 N–H and O–H groups in total. The number of rotatable bonds is 8. The number of β-lactam (4-membered cyclic amide) rings is 1. The number of thiazole rings is 1. The largest absolute Gasteiger partial charge is 0.543 e. The van der Waals surface area contributed by atoms with E-state index in [0.717, 1.165) is 32.7 Å². The molecular weight excluding hydrogens is 534 g/mol. The van der Waals surface area contributed by atoms with E-state index in [-0.39, 0.29) is 35.4 Å². The third-order valence-corrected chi connectivity index (χ3v) is 8.36. The van der Waals surface area contributed by atoms with E-state index < -0.39 is 29.2 Å². The van der Waals surface area contributed by atoms with Crippen LogP contribution in [0.3, 0.4) is 0 Å². The molecule has 0 unspecified atom stereocenters. The first kappa shape index (κ1) is 25.7. The number of hydrogen-bond donors (Lipinski definition) is 3. The van der Waals surface area contributed by atoms with Crippen LogP contribution in [0.4, 0.5) is 5.13 Å². The molecular formula is C23H23N7O6S2. The van der Waals surface area contributed by atoms with Crippen molar-refractivity contribution in [3.8, 4) is 0 Å². The number of carboxylic acid groups (broad SMARTS) is 1. The number of carboxylic acids is 1. The zero-order chi connectivity index (χ0) is 27.1. The van der Waals surface area contributed by atoms with E-state index in [0.29, 0.717) is 11.3 Å². The Morgan fingerprint density at radius 3 is 2.87 bits per heavy atom. The molecule has 0 radical (unpaired) electrons. The number of benzene rings is 1. The summed E-state index contributed by atoms with van der Waals surface area (Å²) < 4.78 is 3.69. The second-order valence-electron chi connectivity index (χ2n) is 8.60. The molecule has 0 bridgehead atoms. The molecule has 13 nitrogen and oxygen atoms in total. The van der Waals surface area contributed by atoms with Crippen LogP contribution in [0.1, 0.15) is 11.3 Å². The summed E-state index contributed by atoms with van der Waals surface area (Å²) in [5.74, 6) is -2.43. The van der Waals surface area contributed by atoms with Gasteiger partial charge >= 0.3 is 0 Å². The zero-order valence-electron chi connectivity index (χ0n) is 20.3. The highest BCUT2D eigenvalue weighted by Gasteiger charge is 2.53. The number of aliphatic hydroxyl groups is 1. The molecule has 2 aliphatic heterocycles. The van der Waals surface area contributed by atoms with Gasteiger partial charge in [-0.3, -0.25) is 14.5 Å². The van der Waals surface area contributed by atoms with Gasteiger partial charge in [0.15, 0.2) is 17.4 Å². The minimum Gasteiger partial charge on any atom is -0.543 e. The van der Waals surface area contributed by atoms with Crippen LogP contribution in [0, 0.1) is 0 Å². The molecule has 2 atom stereocenters. The highest BCUT2D eigenvalue weighted by molar-refractivity contribution is 8.00. The molecule has 1 aromatic carbocycles. The lowest BCUT2D eigenvalue weighted by atomic mass is 10.0. The number of amides is 2. The quantitative estimate of drug-likeness (QED) is 0.128. The third-order valence-electron chi connectivity index (χ3n) is 6.34. The van der Waals surface area contributed by atoms with Crippen molar-refractivity contribution in [3.05, 3.63) is 52.3 Å². The van der Waals surface area contributed by atoms with Crippen molar-refractivity contribution in [1.82, 2.24) is 19.9 Å². The van der Waals surface area contributed by atoms with Gasteiger partial charge in [-0.25, -0.2) is 4.98 Å². The number of hydrogen-bond acceptors (Lipinski definition) is 11. The maximum atomic E-state index is 13.1. The van der Waals surface area contributed by atoms with Crippen LogP contribution < -0.4 is 20.8 Å². The average Bonchev–Trinajstić information content (AvgIpc) is 3.47. The molecule has 3 aromatic rings. The van der Waals surface area contributed by atoms with Crippen LogP contribution in [0.5, 0.6) is 0 Å². The number of carbonyl (C=O) groups is 3. The molecule has 0 aliphatic carbocycles. The summed E-state index contributed by atoms with van der Waals surface area (Å²) in [5.41, 5.74) is 7.63. The van der Waals surface area contributed by atoms with Crippen molar-refractivity contribution in [2.75, 3.05) is 18.6 Å². The Labute approximate surface area is 224 Å². The first-order valence-electron chi connectivity index (χ1n) is 11.3. The highest BCUT2D eigenvalue weighted by Crippen LogP contribution is 2.40. The fraction of sp³-hybridized carbons (Fsp3) is 0.304. The van der Waals surface area contributed by atoms with Crippen molar-refractivity contribution in [2.45, 2.75) is 24.6 Å². The predicted octanol–water partition coefficient (Wildman–Crippen LogP) is -1.55. The number of aliphatic hydroxyl groups excluding tert-OH is 1. The highest BCUT2D eigenvalue weighted by atomic mass is 32.2. The van der Waals surface area contributed by atoms with Crippen molar-refractivity contribution < 1.29 is 34.1 Å². The van der Waals surface area contributed by atoms with E-state index in [2.05, 4.69) is 15.5 Å². The predicted molar refractivity (Wildman–Crippen MR) is 136 cm³/mol. The second kappa shape index (κ2) is 10.1. The SMILES string of the molecule is CO/N=C(\C(=O)N[C@@H]1C(=O)N2C(C(=O)[O-])=C(C[n+]3cc4ccc(CO)cc4n3C)CS[C@H]12)c1csc(N)n1. The lowest BCUT2D eigenvalue weighted by Gasteiger charge is -2.50. The van der Waals surface area contributed by atoms with E-state index in [1.165, 1.54) is 24.3 Å². The Bertz CT molecular complexity index is 1530. The van der Waals surface area contributed by atoms with Crippen LogP contribution in [0.25, 0.3) is 10.9 Å². The van der Waals surface area contributed by atoms with Crippen LogP contribution >= 0.6 is 23.1 Å². The molecule has 198 valence electrons. The Balaban J connectivity index is 1.38. The lowest BCUT2D eigenvalue weighted by Crippen LogP contribution is -2.71. The molecule has 2 amide bonds. The molecule has 0 spiro atoms. The van der Waals surface area contributed by atoms with E-state index in [4.69, 9.17) is 10.6 Å². The summed E-state index contributed by atoms with van der Waals surface area (Å²) in [5, 5.41) is 30.0. The summed E-state index contributed by atoms with van der Waals surface area (Å²) in [6.07, 6.45) is 1.87. The molecule has 4 heterocycles. The summed E-state index contributed by atoms with van der Waals surface area (Å²) in [6, 6.07) is 4.59. The summed E-state index contributed by atoms with van der Waals surface area (Å²) >= 11 is 2.46. The van der Waals surface area contributed by atoms with Gasteiger partial charge in [0.25, 0.3) is 11.8 Å². The number of oxime groups is 1. The van der Waals surface area contributed by atoms with Gasteiger partial charge in [-0.05, 0) is 17.7 Å². The monoisotopic (exact) mass is 557 g/mol. The Morgan fingerprint density at radius 2 is 2.21 bits per heavy atom. The minimum atomic E-state index is -1.47. The molecule has 2 aromatic heterocycles. The maximum absolute atomic E-state index is 13.1. The fourth-order valence-corrected chi connectivity index (χ4v) is 6.39.